The van der Waals surface area contributed by atoms with Crippen molar-refractivity contribution in [3.8, 4) is 5.75 Å². The summed E-state index contributed by atoms with van der Waals surface area (Å²) in [6.07, 6.45) is 0.353. The number of fused-ring (bicyclic) bond motifs is 3. The summed E-state index contributed by atoms with van der Waals surface area (Å²) in [6, 6.07) is 23.0. The highest BCUT2D eigenvalue weighted by atomic mass is 16.6. The Morgan fingerprint density at radius 3 is 2.48 bits per heavy atom. The molecule has 2 aliphatic heterocycles. The molecule has 29 heavy (non-hydrogen) atoms. The topological polar surface area (TPSA) is 68.0 Å². The maximum absolute atomic E-state index is 11.0. The third-order valence-electron chi connectivity index (χ3n) is 5.47. The van der Waals surface area contributed by atoms with Gasteiger partial charge in [0.1, 0.15) is 5.75 Å². The van der Waals surface area contributed by atoms with Crippen LogP contribution in [0.5, 0.6) is 5.75 Å². The molecule has 0 radical (unpaired) electrons. The molecule has 2 aliphatic rings. The van der Waals surface area contributed by atoms with E-state index in [9.17, 15) is 10.1 Å². The van der Waals surface area contributed by atoms with Gasteiger partial charge < -0.3 is 4.74 Å². The van der Waals surface area contributed by atoms with Gasteiger partial charge in [-0.3, -0.25) is 10.1 Å². The maximum atomic E-state index is 11.0. The number of nitro groups is 1. The average Bonchev–Trinajstić information content (AvgIpc) is 3.19. The summed E-state index contributed by atoms with van der Waals surface area (Å²) in [7, 11) is 0. The number of aryl methyl sites for hydroxylation is 1. The van der Waals surface area contributed by atoms with Crippen LogP contribution in [0.3, 0.4) is 0 Å². The van der Waals surface area contributed by atoms with E-state index >= 15 is 0 Å². The van der Waals surface area contributed by atoms with Crippen LogP contribution in [-0.2, 0) is 0 Å². The van der Waals surface area contributed by atoms with Gasteiger partial charge in [0.2, 0.25) is 6.23 Å². The van der Waals surface area contributed by atoms with Crippen molar-refractivity contribution in [2.75, 3.05) is 0 Å². The molecule has 0 aliphatic carbocycles. The largest absolute Gasteiger partial charge is 0.464 e. The number of non-ortho nitro benzene ring substituents is 1. The van der Waals surface area contributed by atoms with E-state index in [0.717, 1.165) is 34.6 Å². The first-order chi connectivity index (χ1) is 14.1. The van der Waals surface area contributed by atoms with E-state index in [1.165, 1.54) is 17.7 Å². The predicted molar refractivity (Wildman–Crippen MR) is 110 cm³/mol. The zero-order chi connectivity index (χ0) is 20.0. The number of nitro benzene ring substituents is 1. The Kier molecular flexibility index (Phi) is 4.05. The van der Waals surface area contributed by atoms with Gasteiger partial charge in [-0.2, -0.15) is 5.10 Å². The standard InChI is InChI=1S/C23H19N3O3/c1-15-6-8-16(9-7-15)20-14-21-19-4-2-3-5-22(19)29-23(25(21)24-20)17-10-12-18(13-11-17)26(27)28/h2-13,21,23H,14H2,1H3. The van der Waals surface area contributed by atoms with Gasteiger partial charge in [0.25, 0.3) is 5.69 Å². The maximum Gasteiger partial charge on any atom is 0.269 e. The van der Waals surface area contributed by atoms with E-state index in [1.807, 2.05) is 23.2 Å². The van der Waals surface area contributed by atoms with Gasteiger partial charge in [-0.25, -0.2) is 5.01 Å². The predicted octanol–water partition coefficient (Wildman–Crippen LogP) is 5.15. The van der Waals surface area contributed by atoms with Gasteiger partial charge in [0.05, 0.1) is 16.7 Å². The summed E-state index contributed by atoms with van der Waals surface area (Å²) in [5.74, 6) is 0.831. The highest BCUT2D eigenvalue weighted by Crippen LogP contribution is 2.47. The zero-order valence-electron chi connectivity index (χ0n) is 15.9. The summed E-state index contributed by atoms with van der Waals surface area (Å²) in [5.41, 5.74) is 5.34. The molecule has 3 aromatic carbocycles. The number of nitrogens with zero attached hydrogens (tertiary/aromatic N) is 3. The first-order valence-electron chi connectivity index (χ1n) is 9.53. The van der Waals surface area contributed by atoms with E-state index in [-0.39, 0.29) is 11.7 Å². The monoisotopic (exact) mass is 385 g/mol. The Morgan fingerprint density at radius 1 is 1.03 bits per heavy atom. The number of hydrogen-bond acceptors (Lipinski definition) is 5. The summed E-state index contributed by atoms with van der Waals surface area (Å²) in [6.45, 7) is 2.07. The summed E-state index contributed by atoms with van der Waals surface area (Å²) >= 11 is 0. The number of rotatable bonds is 3. The molecule has 0 amide bonds. The summed E-state index contributed by atoms with van der Waals surface area (Å²) < 4.78 is 6.28. The van der Waals surface area contributed by atoms with Crippen molar-refractivity contribution in [1.82, 2.24) is 5.01 Å². The molecule has 0 bridgehead atoms. The van der Waals surface area contributed by atoms with Gasteiger partial charge in [0, 0.05) is 29.7 Å². The lowest BCUT2D eigenvalue weighted by Crippen LogP contribution is -2.33. The molecule has 0 saturated carbocycles. The molecule has 0 saturated heterocycles. The van der Waals surface area contributed by atoms with Crippen molar-refractivity contribution in [3.05, 3.63) is 105 Å². The lowest BCUT2D eigenvalue weighted by Gasteiger charge is -2.38. The third-order valence-corrected chi connectivity index (χ3v) is 5.47. The van der Waals surface area contributed by atoms with Gasteiger partial charge in [0.15, 0.2) is 0 Å². The van der Waals surface area contributed by atoms with Crippen LogP contribution in [-0.4, -0.2) is 15.6 Å². The first-order valence-corrected chi connectivity index (χ1v) is 9.53. The highest BCUT2D eigenvalue weighted by molar-refractivity contribution is 6.02. The number of hydrogen-bond donors (Lipinski definition) is 0. The molecule has 0 N–H and O–H groups in total. The lowest BCUT2D eigenvalue weighted by atomic mass is 9.95. The quantitative estimate of drug-likeness (QED) is 0.462. The molecule has 0 fully saturated rings. The Morgan fingerprint density at radius 2 is 1.76 bits per heavy atom. The normalized spacial score (nSPS) is 19.8. The van der Waals surface area contributed by atoms with Crippen LogP contribution in [0.2, 0.25) is 0 Å². The molecule has 2 atom stereocenters. The van der Waals surface area contributed by atoms with Crippen LogP contribution in [0.15, 0.2) is 77.9 Å². The molecule has 0 aromatic heterocycles. The minimum atomic E-state index is -0.432. The molecular formula is C23H19N3O3. The number of para-hydroxylation sites is 1. The van der Waals surface area contributed by atoms with E-state index in [2.05, 4.69) is 37.3 Å². The van der Waals surface area contributed by atoms with E-state index in [4.69, 9.17) is 9.84 Å². The Labute approximate surface area is 168 Å². The second-order valence-corrected chi connectivity index (χ2v) is 7.37. The van der Waals surface area contributed by atoms with Crippen molar-refractivity contribution in [1.29, 1.82) is 0 Å². The lowest BCUT2D eigenvalue weighted by molar-refractivity contribution is -0.384. The fourth-order valence-electron chi connectivity index (χ4n) is 3.94. The van der Waals surface area contributed by atoms with Crippen molar-refractivity contribution >= 4 is 11.4 Å². The number of hydrazone groups is 1. The molecule has 3 aromatic rings. The van der Waals surface area contributed by atoms with Crippen LogP contribution in [0, 0.1) is 17.0 Å². The minimum absolute atomic E-state index is 0.0618. The van der Waals surface area contributed by atoms with Gasteiger partial charge in [-0.1, -0.05) is 48.0 Å². The Bertz CT molecular complexity index is 1110. The van der Waals surface area contributed by atoms with Crippen LogP contribution >= 0.6 is 0 Å². The van der Waals surface area contributed by atoms with Gasteiger partial charge >= 0.3 is 0 Å². The van der Waals surface area contributed by atoms with Crippen LogP contribution in [0.4, 0.5) is 5.69 Å². The fourth-order valence-corrected chi connectivity index (χ4v) is 3.94. The van der Waals surface area contributed by atoms with Crippen LogP contribution in [0.25, 0.3) is 0 Å². The molecule has 6 heteroatoms. The Balaban J connectivity index is 1.56. The first kappa shape index (κ1) is 17.4. The van der Waals surface area contributed by atoms with Gasteiger partial charge in [-0.15, -0.1) is 0 Å². The SMILES string of the molecule is Cc1ccc(C2=NN3C(C2)c2ccccc2OC3c2ccc([N+](=O)[O-])cc2)cc1. The van der Waals surface area contributed by atoms with Crippen molar-refractivity contribution in [3.63, 3.8) is 0 Å². The fraction of sp³-hybridized carbons (Fsp3) is 0.174. The zero-order valence-corrected chi connectivity index (χ0v) is 15.9. The van der Waals surface area contributed by atoms with Crippen LogP contribution < -0.4 is 4.74 Å². The van der Waals surface area contributed by atoms with Crippen LogP contribution in [0.1, 0.15) is 40.9 Å². The molecule has 144 valence electrons. The smallest absolute Gasteiger partial charge is 0.269 e. The molecule has 5 rings (SSSR count). The van der Waals surface area contributed by atoms with E-state index in [1.54, 1.807) is 12.1 Å². The van der Waals surface area contributed by atoms with Crippen molar-refractivity contribution < 1.29 is 9.66 Å². The Hall–Kier alpha value is -3.67. The second kappa shape index (κ2) is 6.74. The third kappa shape index (κ3) is 3.02. The summed E-state index contributed by atoms with van der Waals surface area (Å²) in [5, 5.41) is 17.9. The van der Waals surface area contributed by atoms with E-state index in [0.29, 0.717) is 0 Å². The second-order valence-electron chi connectivity index (χ2n) is 7.37. The highest BCUT2D eigenvalue weighted by Gasteiger charge is 2.40. The minimum Gasteiger partial charge on any atom is -0.464 e. The molecule has 2 unspecified atom stereocenters. The molecular weight excluding hydrogens is 366 g/mol. The van der Waals surface area contributed by atoms with Gasteiger partial charge in [-0.05, 0) is 30.7 Å². The molecule has 0 spiro atoms. The summed E-state index contributed by atoms with van der Waals surface area (Å²) in [4.78, 5) is 10.6. The number of ether oxygens (including phenoxy) is 1. The average molecular weight is 385 g/mol. The molecule has 2 heterocycles. The van der Waals surface area contributed by atoms with Crippen molar-refractivity contribution in [2.45, 2.75) is 25.6 Å². The number of benzene rings is 3. The van der Waals surface area contributed by atoms with Crippen molar-refractivity contribution in [2.24, 2.45) is 5.10 Å². The van der Waals surface area contributed by atoms with E-state index < -0.39 is 11.2 Å². The molecule has 6 nitrogen and oxygen atoms in total.